The van der Waals surface area contributed by atoms with Gasteiger partial charge in [0.15, 0.2) is 5.82 Å². The number of fused-ring (bicyclic) bond motifs is 1. The van der Waals surface area contributed by atoms with E-state index in [1.54, 1.807) is 12.3 Å². The van der Waals surface area contributed by atoms with Crippen LogP contribution in [0.15, 0.2) is 24.7 Å². The van der Waals surface area contributed by atoms with E-state index in [2.05, 4.69) is 15.4 Å². The zero-order valence-electron chi connectivity index (χ0n) is 9.15. The van der Waals surface area contributed by atoms with Gasteiger partial charge in [-0.1, -0.05) is 0 Å². The molecular weight excluding hydrogens is 240 g/mol. The van der Waals surface area contributed by atoms with Crippen molar-refractivity contribution in [2.24, 2.45) is 0 Å². The van der Waals surface area contributed by atoms with Crippen molar-refractivity contribution >= 4 is 23.3 Å². The molecule has 2 aromatic rings. The molecule has 0 radical (unpaired) electrons. The monoisotopic (exact) mass is 250 g/mol. The number of carbonyl (C=O) groups is 2. The highest BCUT2D eigenvalue weighted by Crippen LogP contribution is 2.14. The average molecular weight is 250 g/mol. The van der Waals surface area contributed by atoms with Gasteiger partial charge < -0.3 is 15.5 Å². The highest BCUT2D eigenvalue weighted by Gasteiger charge is 2.22. The van der Waals surface area contributed by atoms with Crippen LogP contribution >= 0.6 is 0 Å². The van der Waals surface area contributed by atoms with E-state index >= 15 is 0 Å². The molecule has 18 heavy (non-hydrogen) atoms. The molecule has 2 rings (SSSR count). The Balaban J connectivity index is 2.28. The van der Waals surface area contributed by atoms with Crippen molar-refractivity contribution in [1.29, 1.82) is 0 Å². The normalized spacial score (nSPS) is 12.2. The summed E-state index contributed by atoms with van der Waals surface area (Å²) >= 11 is 0. The van der Waals surface area contributed by atoms with Gasteiger partial charge in [0.05, 0.1) is 12.6 Å². The summed E-state index contributed by atoms with van der Waals surface area (Å²) in [4.78, 5) is 25.5. The predicted octanol–water partition coefficient (Wildman–Crippen LogP) is 0.0691. The number of nitrogens with one attached hydrogen (secondary N) is 1. The summed E-state index contributed by atoms with van der Waals surface area (Å²) in [7, 11) is 0. The lowest BCUT2D eigenvalue weighted by atomic mass is 10.2. The molecule has 0 saturated heterocycles. The summed E-state index contributed by atoms with van der Waals surface area (Å²) in [6.07, 6.45) is 4.05. The molecule has 2 aromatic heterocycles. The zero-order valence-corrected chi connectivity index (χ0v) is 9.15. The van der Waals surface area contributed by atoms with Crippen molar-refractivity contribution in [3.63, 3.8) is 0 Å². The van der Waals surface area contributed by atoms with E-state index in [0.29, 0.717) is 5.52 Å². The van der Waals surface area contributed by atoms with Gasteiger partial charge in [-0.3, -0.25) is 4.79 Å². The number of rotatable bonds is 5. The minimum atomic E-state index is -1.25. The molecular formula is C10H10N4O4. The standard InChI is InChI=1S/C10H10N4O4/c15-8(16)5-6(10(17)18)13-9-7-1-2-12-14(7)4-3-11-9/h1-4,6H,5H2,(H,11,13)(H,15,16)(H,17,18). The molecule has 0 fully saturated rings. The Hall–Kier alpha value is -2.64. The molecule has 2 heterocycles. The van der Waals surface area contributed by atoms with E-state index in [9.17, 15) is 9.59 Å². The maximum Gasteiger partial charge on any atom is 0.326 e. The highest BCUT2D eigenvalue weighted by molar-refractivity contribution is 5.84. The molecule has 1 unspecified atom stereocenters. The molecule has 0 aromatic carbocycles. The number of carboxylic acids is 2. The third-order valence-corrected chi connectivity index (χ3v) is 2.31. The van der Waals surface area contributed by atoms with E-state index in [-0.39, 0.29) is 5.82 Å². The van der Waals surface area contributed by atoms with Crippen LogP contribution in [0.4, 0.5) is 5.82 Å². The Bertz CT molecular complexity index is 594. The molecule has 0 saturated carbocycles. The number of aliphatic carboxylic acids is 2. The van der Waals surface area contributed by atoms with Crippen LogP contribution in [-0.4, -0.2) is 42.8 Å². The van der Waals surface area contributed by atoms with Crippen molar-refractivity contribution in [3.8, 4) is 0 Å². The van der Waals surface area contributed by atoms with Crippen LogP contribution in [0, 0.1) is 0 Å². The Labute approximate surface area is 101 Å². The van der Waals surface area contributed by atoms with E-state index in [0.717, 1.165) is 0 Å². The zero-order chi connectivity index (χ0) is 13.1. The topological polar surface area (TPSA) is 117 Å². The molecule has 0 aliphatic carbocycles. The minimum absolute atomic E-state index is 0.281. The van der Waals surface area contributed by atoms with Gasteiger partial charge in [-0.2, -0.15) is 5.10 Å². The largest absolute Gasteiger partial charge is 0.481 e. The van der Waals surface area contributed by atoms with Crippen LogP contribution in [0.3, 0.4) is 0 Å². The van der Waals surface area contributed by atoms with Crippen LogP contribution in [-0.2, 0) is 9.59 Å². The average Bonchev–Trinajstić information content (AvgIpc) is 2.76. The van der Waals surface area contributed by atoms with E-state index in [4.69, 9.17) is 10.2 Å². The van der Waals surface area contributed by atoms with Crippen LogP contribution in [0.2, 0.25) is 0 Å². The van der Waals surface area contributed by atoms with Crippen molar-refractivity contribution in [3.05, 3.63) is 24.7 Å². The van der Waals surface area contributed by atoms with Gasteiger partial charge >= 0.3 is 11.9 Å². The highest BCUT2D eigenvalue weighted by atomic mass is 16.4. The van der Waals surface area contributed by atoms with Crippen molar-refractivity contribution in [1.82, 2.24) is 14.6 Å². The van der Waals surface area contributed by atoms with Crippen molar-refractivity contribution in [2.45, 2.75) is 12.5 Å². The quantitative estimate of drug-likeness (QED) is 0.687. The summed E-state index contributed by atoms with van der Waals surface area (Å²) in [6, 6.07) is 0.408. The summed E-state index contributed by atoms with van der Waals surface area (Å²) in [5.74, 6) is -2.17. The molecule has 0 bridgehead atoms. The van der Waals surface area contributed by atoms with Crippen LogP contribution in [0.5, 0.6) is 0 Å². The number of anilines is 1. The molecule has 8 heteroatoms. The first-order valence-electron chi connectivity index (χ1n) is 5.07. The van der Waals surface area contributed by atoms with E-state index in [1.165, 1.54) is 16.9 Å². The lowest BCUT2D eigenvalue weighted by molar-refractivity contribution is -0.144. The van der Waals surface area contributed by atoms with Crippen LogP contribution in [0.1, 0.15) is 6.42 Å². The van der Waals surface area contributed by atoms with Gasteiger partial charge in [-0.25, -0.2) is 14.3 Å². The molecule has 94 valence electrons. The second-order valence-corrected chi connectivity index (χ2v) is 3.57. The number of hydrogen-bond acceptors (Lipinski definition) is 5. The lowest BCUT2D eigenvalue weighted by Crippen LogP contribution is -2.32. The minimum Gasteiger partial charge on any atom is -0.481 e. The van der Waals surface area contributed by atoms with Gasteiger partial charge in [-0.15, -0.1) is 0 Å². The van der Waals surface area contributed by atoms with E-state index < -0.39 is 24.4 Å². The number of carboxylic acid groups (broad SMARTS) is 2. The van der Waals surface area contributed by atoms with Crippen LogP contribution < -0.4 is 5.32 Å². The maximum atomic E-state index is 10.9. The Morgan fingerprint density at radius 1 is 1.39 bits per heavy atom. The predicted molar refractivity (Wildman–Crippen MR) is 60.3 cm³/mol. The Morgan fingerprint density at radius 3 is 2.83 bits per heavy atom. The summed E-state index contributed by atoms with van der Waals surface area (Å²) in [6.45, 7) is 0. The number of hydrogen-bond donors (Lipinski definition) is 3. The van der Waals surface area contributed by atoms with E-state index in [1.807, 2.05) is 0 Å². The van der Waals surface area contributed by atoms with Crippen molar-refractivity contribution < 1.29 is 19.8 Å². The first-order chi connectivity index (χ1) is 8.58. The molecule has 0 amide bonds. The molecule has 1 atom stereocenters. The first-order valence-corrected chi connectivity index (χ1v) is 5.07. The van der Waals surface area contributed by atoms with Crippen molar-refractivity contribution in [2.75, 3.05) is 5.32 Å². The third-order valence-electron chi connectivity index (χ3n) is 2.31. The fraction of sp³-hybridized carbons (Fsp3) is 0.200. The van der Waals surface area contributed by atoms with Gasteiger partial charge in [0.1, 0.15) is 11.6 Å². The maximum absolute atomic E-state index is 10.9. The SMILES string of the molecule is O=C(O)CC(Nc1nccn2nccc12)C(=O)O. The van der Waals surface area contributed by atoms with Crippen LogP contribution in [0.25, 0.3) is 5.52 Å². The number of nitrogens with zero attached hydrogens (tertiary/aromatic N) is 3. The fourth-order valence-corrected chi connectivity index (χ4v) is 1.51. The second-order valence-electron chi connectivity index (χ2n) is 3.57. The molecule has 0 aliphatic heterocycles. The van der Waals surface area contributed by atoms with Gasteiger partial charge in [0.25, 0.3) is 0 Å². The third kappa shape index (κ3) is 2.37. The summed E-state index contributed by atoms with van der Waals surface area (Å²) < 4.78 is 1.51. The second kappa shape index (κ2) is 4.70. The van der Waals surface area contributed by atoms with Gasteiger partial charge in [0, 0.05) is 12.4 Å². The molecule has 3 N–H and O–H groups in total. The Kier molecular flexibility index (Phi) is 3.09. The molecule has 0 spiro atoms. The summed E-state index contributed by atoms with van der Waals surface area (Å²) in [5, 5.41) is 24.1. The number of aromatic nitrogens is 3. The summed E-state index contributed by atoms with van der Waals surface area (Å²) in [5.41, 5.74) is 0.578. The Morgan fingerprint density at radius 2 is 2.17 bits per heavy atom. The van der Waals surface area contributed by atoms with Gasteiger partial charge in [0.2, 0.25) is 0 Å². The first kappa shape index (κ1) is 11.8. The van der Waals surface area contributed by atoms with Gasteiger partial charge in [-0.05, 0) is 6.07 Å². The lowest BCUT2D eigenvalue weighted by Gasteiger charge is -2.13. The fourth-order valence-electron chi connectivity index (χ4n) is 1.51. The molecule has 8 nitrogen and oxygen atoms in total. The smallest absolute Gasteiger partial charge is 0.326 e. The molecule has 0 aliphatic rings.